The molecule has 8 heteroatoms. The summed E-state index contributed by atoms with van der Waals surface area (Å²) < 4.78 is 11.3. The molecule has 0 atom stereocenters. The Balaban J connectivity index is 2.35. The van der Waals surface area contributed by atoms with Crippen molar-refractivity contribution in [2.24, 2.45) is 11.1 Å². The fraction of sp³-hybridized carbons (Fsp3) is 0.526. The summed E-state index contributed by atoms with van der Waals surface area (Å²) in [7, 11) is 0. The molecule has 27 heavy (non-hydrogen) atoms. The Labute approximate surface area is 181 Å². The van der Waals surface area contributed by atoms with E-state index >= 15 is 0 Å². The summed E-state index contributed by atoms with van der Waals surface area (Å²) >= 11 is 23.5. The number of rotatable bonds is 12. The summed E-state index contributed by atoms with van der Waals surface area (Å²) in [5.74, 6) is 1.51. The lowest BCUT2D eigenvalue weighted by Gasteiger charge is -2.12. The highest BCUT2D eigenvalue weighted by atomic mass is 35.5. The topological polar surface area (TPSA) is 40.0 Å². The minimum atomic E-state index is 0.136. The molecular formula is C19H25Cl4NO3. The first kappa shape index (κ1) is 24.2. The van der Waals surface area contributed by atoms with Gasteiger partial charge in [-0.05, 0) is 38.2 Å². The quantitative estimate of drug-likeness (QED) is 0.188. The molecule has 0 aliphatic carbocycles. The summed E-state index contributed by atoms with van der Waals surface area (Å²) in [4.78, 5) is 5.31. The molecule has 0 saturated carbocycles. The van der Waals surface area contributed by atoms with E-state index < -0.39 is 0 Å². The minimum absolute atomic E-state index is 0.136. The number of hydrogen-bond acceptors (Lipinski definition) is 4. The average molecular weight is 457 g/mol. The van der Waals surface area contributed by atoms with Crippen LogP contribution in [0.4, 0.5) is 0 Å². The highest BCUT2D eigenvalue weighted by Gasteiger charge is 2.10. The zero-order chi connectivity index (χ0) is 20.2. The van der Waals surface area contributed by atoms with Crippen LogP contribution in [0.25, 0.3) is 0 Å². The van der Waals surface area contributed by atoms with Gasteiger partial charge in [-0.25, -0.2) is 0 Å². The Morgan fingerprint density at radius 2 is 1.70 bits per heavy atom. The van der Waals surface area contributed by atoms with Crippen molar-refractivity contribution in [3.63, 3.8) is 0 Å². The van der Waals surface area contributed by atoms with E-state index in [1.807, 2.05) is 6.92 Å². The van der Waals surface area contributed by atoms with Gasteiger partial charge in [0.05, 0.1) is 22.4 Å². The van der Waals surface area contributed by atoms with Crippen LogP contribution in [0.5, 0.6) is 11.5 Å². The number of halogens is 4. The number of unbranched alkanes of at least 4 members (excludes halogenated alkanes) is 1. The monoisotopic (exact) mass is 455 g/mol. The zero-order valence-corrected chi connectivity index (χ0v) is 18.8. The maximum atomic E-state index is 6.22. The number of hydrogen-bond donors (Lipinski definition) is 0. The zero-order valence-electron chi connectivity index (χ0n) is 15.7. The van der Waals surface area contributed by atoms with Gasteiger partial charge >= 0.3 is 0 Å². The molecule has 0 bridgehead atoms. The van der Waals surface area contributed by atoms with E-state index in [2.05, 4.69) is 19.0 Å². The molecule has 0 aliphatic heterocycles. The Morgan fingerprint density at radius 1 is 1.07 bits per heavy atom. The van der Waals surface area contributed by atoms with Gasteiger partial charge in [-0.1, -0.05) is 65.4 Å². The van der Waals surface area contributed by atoms with E-state index in [0.717, 1.165) is 25.0 Å². The van der Waals surface area contributed by atoms with E-state index in [0.29, 0.717) is 40.7 Å². The van der Waals surface area contributed by atoms with Gasteiger partial charge < -0.3 is 14.3 Å². The molecule has 1 rings (SSSR count). The van der Waals surface area contributed by atoms with Gasteiger partial charge in [-0.3, -0.25) is 0 Å². The van der Waals surface area contributed by atoms with Gasteiger partial charge in [0.25, 0.3) is 0 Å². The number of ether oxygens (including phenoxy) is 2. The Hall–Kier alpha value is -0.810. The van der Waals surface area contributed by atoms with E-state index in [9.17, 15) is 0 Å². The van der Waals surface area contributed by atoms with Crippen LogP contribution >= 0.6 is 46.4 Å². The molecule has 0 aromatic heterocycles. The molecule has 0 fully saturated rings. The molecule has 0 heterocycles. The maximum Gasteiger partial charge on any atom is 0.156 e. The molecule has 0 saturated heterocycles. The predicted octanol–water partition coefficient (Wildman–Crippen LogP) is 7.29. The van der Waals surface area contributed by atoms with Crippen LogP contribution in [0.1, 0.15) is 40.0 Å². The van der Waals surface area contributed by atoms with E-state index in [1.54, 1.807) is 12.1 Å². The Bertz CT molecular complexity index is 621. The van der Waals surface area contributed by atoms with Crippen molar-refractivity contribution in [2.75, 3.05) is 19.8 Å². The number of benzene rings is 1. The maximum absolute atomic E-state index is 6.22. The molecule has 1 aromatic carbocycles. The lowest BCUT2D eigenvalue weighted by Crippen LogP contribution is -2.02. The second-order valence-electron chi connectivity index (χ2n) is 6.33. The largest absolute Gasteiger partial charge is 0.490 e. The van der Waals surface area contributed by atoms with Crippen molar-refractivity contribution in [3.8, 4) is 11.5 Å². The van der Waals surface area contributed by atoms with Crippen molar-refractivity contribution in [2.45, 2.75) is 40.0 Å². The molecule has 1 aromatic rings. The summed E-state index contributed by atoms with van der Waals surface area (Å²) in [6, 6.07) is 3.27. The second kappa shape index (κ2) is 13.4. The second-order valence-corrected chi connectivity index (χ2v) is 8.16. The van der Waals surface area contributed by atoms with E-state index in [4.69, 9.17) is 60.7 Å². The molecule has 4 nitrogen and oxygen atoms in total. The van der Waals surface area contributed by atoms with Gasteiger partial charge in [0.1, 0.15) is 23.5 Å². The lowest BCUT2D eigenvalue weighted by molar-refractivity contribution is 0.134. The molecule has 0 amide bonds. The lowest BCUT2D eigenvalue weighted by atomic mass is 10.1. The third kappa shape index (κ3) is 10.9. The summed E-state index contributed by atoms with van der Waals surface area (Å²) in [5.41, 5.74) is 1.01. The first-order valence-corrected chi connectivity index (χ1v) is 10.2. The fourth-order valence-corrected chi connectivity index (χ4v) is 2.89. The van der Waals surface area contributed by atoms with Crippen LogP contribution in [0.3, 0.4) is 0 Å². The van der Waals surface area contributed by atoms with Gasteiger partial charge in [-0.2, -0.15) is 0 Å². The summed E-state index contributed by atoms with van der Waals surface area (Å²) in [6.45, 7) is 7.51. The first-order chi connectivity index (χ1) is 12.8. The standard InChI is InChI=1S/C19H25Cl4NO3/c1-13(2)10-14(3)24-27-8-5-4-7-26-19-16(20)11-15(12-17(19)21)25-9-6-18(22)23/h6,11-13H,4-5,7-10H2,1-3H3. The van der Waals surface area contributed by atoms with E-state index in [-0.39, 0.29) is 11.1 Å². The Morgan fingerprint density at radius 3 is 2.30 bits per heavy atom. The highest BCUT2D eigenvalue weighted by molar-refractivity contribution is 6.55. The van der Waals surface area contributed by atoms with Gasteiger partial charge in [-0.15, -0.1) is 0 Å². The molecule has 0 radical (unpaired) electrons. The minimum Gasteiger partial charge on any atom is -0.490 e. The number of oxime groups is 1. The van der Waals surface area contributed by atoms with Crippen molar-refractivity contribution < 1.29 is 14.3 Å². The molecule has 0 N–H and O–H groups in total. The van der Waals surface area contributed by atoms with Crippen molar-refractivity contribution in [1.82, 2.24) is 0 Å². The van der Waals surface area contributed by atoms with Crippen molar-refractivity contribution >= 4 is 52.1 Å². The van der Waals surface area contributed by atoms with Crippen molar-refractivity contribution in [1.29, 1.82) is 0 Å². The van der Waals surface area contributed by atoms with Gasteiger partial charge in [0.2, 0.25) is 0 Å². The first-order valence-electron chi connectivity index (χ1n) is 8.70. The molecule has 152 valence electrons. The molecule has 0 spiro atoms. The average Bonchev–Trinajstić information content (AvgIpc) is 2.55. The van der Waals surface area contributed by atoms with Crippen LogP contribution in [-0.4, -0.2) is 25.5 Å². The Kier molecular flexibility index (Phi) is 12.0. The molecule has 0 unspecified atom stereocenters. The normalized spacial score (nSPS) is 11.5. The number of nitrogens with zero attached hydrogens (tertiary/aromatic N) is 1. The molecule has 0 aliphatic rings. The van der Waals surface area contributed by atoms with Gasteiger partial charge in [0.15, 0.2) is 5.75 Å². The summed E-state index contributed by atoms with van der Waals surface area (Å²) in [6.07, 6.45) is 4.07. The third-order valence-electron chi connectivity index (χ3n) is 3.26. The highest BCUT2D eigenvalue weighted by Crippen LogP contribution is 2.37. The van der Waals surface area contributed by atoms with Crippen molar-refractivity contribution in [3.05, 3.63) is 32.7 Å². The van der Waals surface area contributed by atoms with Crippen LogP contribution in [-0.2, 0) is 4.84 Å². The summed E-state index contributed by atoms with van der Waals surface area (Å²) in [5, 5.41) is 4.85. The van der Waals surface area contributed by atoms with Gasteiger partial charge in [0, 0.05) is 12.1 Å². The predicted molar refractivity (Wildman–Crippen MR) is 115 cm³/mol. The van der Waals surface area contributed by atoms with Crippen LogP contribution < -0.4 is 9.47 Å². The SMILES string of the molecule is CC(CC(C)C)=NOCCCCOc1c(Cl)cc(OCC=C(Cl)Cl)cc1Cl. The van der Waals surface area contributed by atoms with Crippen LogP contribution in [0.15, 0.2) is 27.9 Å². The fourth-order valence-electron chi connectivity index (χ4n) is 2.19. The van der Waals surface area contributed by atoms with Crippen LogP contribution in [0.2, 0.25) is 10.0 Å². The molecular weight excluding hydrogens is 432 g/mol. The van der Waals surface area contributed by atoms with Crippen LogP contribution in [0, 0.1) is 5.92 Å². The smallest absolute Gasteiger partial charge is 0.156 e. The van der Waals surface area contributed by atoms with E-state index in [1.165, 1.54) is 6.08 Å². The third-order valence-corrected chi connectivity index (χ3v) is 4.13.